The lowest BCUT2D eigenvalue weighted by molar-refractivity contribution is 0.0737. The zero-order valence-electron chi connectivity index (χ0n) is 16.4. The zero-order valence-corrected chi connectivity index (χ0v) is 16.4. The third-order valence-corrected chi connectivity index (χ3v) is 5.44. The average Bonchev–Trinajstić information content (AvgIpc) is 3.05. The maximum Gasteiger partial charge on any atom is 0.256 e. The second kappa shape index (κ2) is 8.04. The van der Waals surface area contributed by atoms with E-state index in [0.29, 0.717) is 11.5 Å². The van der Waals surface area contributed by atoms with Crippen molar-refractivity contribution in [3.05, 3.63) is 52.8 Å². The molecular formula is C21H30N4O. The normalized spacial score (nSPS) is 16.0. The Morgan fingerprint density at radius 1 is 1.27 bits per heavy atom. The highest BCUT2D eigenvalue weighted by Crippen LogP contribution is 2.22. The minimum Gasteiger partial charge on any atom is -0.341 e. The Labute approximate surface area is 156 Å². The molecule has 1 aromatic carbocycles. The summed E-state index contributed by atoms with van der Waals surface area (Å²) < 4.78 is 1.67. The Kier molecular flexibility index (Phi) is 5.77. The smallest absolute Gasteiger partial charge is 0.256 e. The van der Waals surface area contributed by atoms with Crippen molar-refractivity contribution in [2.24, 2.45) is 13.0 Å². The molecule has 2 heterocycles. The van der Waals surface area contributed by atoms with Gasteiger partial charge in [-0.1, -0.05) is 23.8 Å². The fourth-order valence-corrected chi connectivity index (χ4v) is 3.76. The first-order chi connectivity index (χ1) is 12.4. The largest absolute Gasteiger partial charge is 0.341 e. The van der Waals surface area contributed by atoms with E-state index in [2.05, 4.69) is 42.0 Å². The van der Waals surface area contributed by atoms with Gasteiger partial charge in [0.2, 0.25) is 0 Å². The van der Waals surface area contributed by atoms with Gasteiger partial charge in [-0.15, -0.1) is 0 Å². The van der Waals surface area contributed by atoms with E-state index in [1.54, 1.807) is 17.1 Å². The molecule has 0 aliphatic carbocycles. The summed E-state index contributed by atoms with van der Waals surface area (Å²) in [4.78, 5) is 16.9. The van der Waals surface area contributed by atoms with Gasteiger partial charge in [0, 0.05) is 33.4 Å². The molecule has 0 atom stereocenters. The van der Waals surface area contributed by atoms with E-state index in [4.69, 9.17) is 0 Å². The summed E-state index contributed by atoms with van der Waals surface area (Å²) in [7, 11) is 3.74. The number of hydrogen-bond acceptors (Lipinski definition) is 3. The molecule has 5 heteroatoms. The van der Waals surface area contributed by atoms with Crippen LogP contribution < -0.4 is 0 Å². The van der Waals surface area contributed by atoms with E-state index in [1.807, 2.05) is 19.0 Å². The third-order valence-electron chi connectivity index (χ3n) is 5.44. The Bertz CT molecular complexity index is 759. The standard InChI is InChI=1S/C21H30N4O/c1-16-5-6-17(2)19(11-16)15-25-9-7-18(8-10-25)13-23(3)21(26)20-12-22-24(4)14-20/h5-6,11-12,14,18H,7-10,13,15H2,1-4H3. The Morgan fingerprint density at radius 2 is 2.00 bits per heavy atom. The highest BCUT2D eigenvalue weighted by molar-refractivity contribution is 5.93. The van der Waals surface area contributed by atoms with Gasteiger partial charge in [0.05, 0.1) is 11.8 Å². The van der Waals surface area contributed by atoms with Crippen molar-refractivity contribution >= 4 is 5.91 Å². The van der Waals surface area contributed by atoms with Crippen molar-refractivity contribution in [2.45, 2.75) is 33.2 Å². The molecular weight excluding hydrogens is 324 g/mol. The molecule has 0 unspecified atom stereocenters. The van der Waals surface area contributed by atoms with Gasteiger partial charge < -0.3 is 4.90 Å². The number of aromatic nitrogens is 2. The van der Waals surface area contributed by atoms with Crippen molar-refractivity contribution in [3.8, 4) is 0 Å². The van der Waals surface area contributed by atoms with Crippen LogP contribution in [0.4, 0.5) is 0 Å². The minimum absolute atomic E-state index is 0.0657. The number of hydrogen-bond donors (Lipinski definition) is 0. The van der Waals surface area contributed by atoms with Crippen LogP contribution in [-0.2, 0) is 13.6 Å². The molecule has 1 fully saturated rings. The van der Waals surface area contributed by atoms with Gasteiger partial charge >= 0.3 is 0 Å². The van der Waals surface area contributed by atoms with E-state index in [9.17, 15) is 4.79 Å². The predicted octanol–water partition coefficient (Wildman–Crippen LogP) is 3.02. The fourth-order valence-electron chi connectivity index (χ4n) is 3.76. The van der Waals surface area contributed by atoms with Gasteiger partial charge in [0.1, 0.15) is 0 Å². The molecule has 0 spiro atoms. The predicted molar refractivity (Wildman–Crippen MR) is 104 cm³/mol. The van der Waals surface area contributed by atoms with E-state index in [1.165, 1.54) is 16.7 Å². The number of likely N-dealkylation sites (tertiary alicyclic amines) is 1. The summed E-state index contributed by atoms with van der Waals surface area (Å²) in [5.41, 5.74) is 4.81. The summed E-state index contributed by atoms with van der Waals surface area (Å²) in [5, 5.41) is 4.09. The first-order valence-electron chi connectivity index (χ1n) is 9.45. The maximum atomic E-state index is 12.5. The zero-order chi connectivity index (χ0) is 18.7. The number of amides is 1. The summed E-state index contributed by atoms with van der Waals surface area (Å²) in [6.45, 7) is 8.42. The number of carbonyl (C=O) groups is 1. The molecule has 5 nitrogen and oxygen atoms in total. The topological polar surface area (TPSA) is 41.4 Å². The Balaban J connectivity index is 1.49. The monoisotopic (exact) mass is 354 g/mol. The molecule has 1 aliphatic heterocycles. The molecule has 0 N–H and O–H groups in total. The van der Waals surface area contributed by atoms with Crippen molar-refractivity contribution in [1.29, 1.82) is 0 Å². The van der Waals surface area contributed by atoms with Crippen LogP contribution >= 0.6 is 0 Å². The lowest BCUT2D eigenvalue weighted by Gasteiger charge is -2.34. The third kappa shape index (κ3) is 4.52. The summed E-state index contributed by atoms with van der Waals surface area (Å²) in [5.74, 6) is 0.645. The van der Waals surface area contributed by atoms with Crippen LogP contribution in [0, 0.1) is 19.8 Å². The van der Waals surface area contributed by atoms with E-state index < -0.39 is 0 Å². The van der Waals surface area contributed by atoms with Crippen LogP contribution in [-0.4, -0.2) is 52.2 Å². The average molecular weight is 354 g/mol. The molecule has 1 amide bonds. The number of piperidine rings is 1. The first-order valence-corrected chi connectivity index (χ1v) is 9.45. The molecule has 140 valence electrons. The summed E-state index contributed by atoms with van der Waals surface area (Å²) in [6.07, 6.45) is 5.72. The van der Waals surface area contributed by atoms with E-state index in [0.717, 1.165) is 39.0 Å². The van der Waals surface area contributed by atoms with Gasteiger partial charge in [-0.2, -0.15) is 5.10 Å². The lowest BCUT2D eigenvalue weighted by atomic mass is 9.95. The Morgan fingerprint density at radius 3 is 2.65 bits per heavy atom. The molecule has 1 aromatic heterocycles. The number of nitrogens with zero attached hydrogens (tertiary/aromatic N) is 4. The number of rotatable bonds is 5. The molecule has 0 saturated carbocycles. The molecule has 1 aliphatic rings. The SMILES string of the molecule is Cc1ccc(C)c(CN2CCC(CN(C)C(=O)c3cnn(C)c3)CC2)c1. The summed E-state index contributed by atoms with van der Waals surface area (Å²) in [6, 6.07) is 6.71. The number of benzene rings is 1. The van der Waals surface area contributed by atoms with Crippen LogP contribution in [0.25, 0.3) is 0 Å². The van der Waals surface area contributed by atoms with Crippen molar-refractivity contribution < 1.29 is 4.79 Å². The molecule has 2 aromatic rings. The van der Waals surface area contributed by atoms with Crippen molar-refractivity contribution in [2.75, 3.05) is 26.7 Å². The first kappa shape index (κ1) is 18.6. The van der Waals surface area contributed by atoms with Crippen LogP contribution in [0.2, 0.25) is 0 Å². The Hall–Kier alpha value is -2.14. The van der Waals surface area contributed by atoms with E-state index >= 15 is 0 Å². The molecule has 0 radical (unpaired) electrons. The van der Waals surface area contributed by atoms with Crippen LogP contribution in [0.3, 0.4) is 0 Å². The van der Waals surface area contributed by atoms with Gasteiger partial charge in [-0.05, 0) is 56.8 Å². The molecule has 26 heavy (non-hydrogen) atoms. The van der Waals surface area contributed by atoms with Crippen molar-refractivity contribution in [1.82, 2.24) is 19.6 Å². The quantitative estimate of drug-likeness (QED) is 0.829. The second-order valence-corrected chi connectivity index (χ2v) is 7.74. The van der Waals surface area contributed by atoms with Crippen molar-refractivity contribution in [3.63, 3.8) is 0 Å². The highest BCUT2D eigenvalue weighted by atomic mass is 16.2. The number of aryl methyl sites for hydroxylation is 3. The molecule has 0 bridgehead atoms. The number of carbonyl (C=O) groups excluding carboxylic acids is 1. The fraction of sp³-hybridized carbons (Fsp3) is 0.524. The lowest BCUT2D eigenvalue weighted by Crippen LogP contribution is -2.39. The van der Waals surface area contributed by atoms with Crippen LogP contribution in [0.5, 0.6) is 0 Å². The minimum atomic E-state index is 0.0657. The van der Waals surface area contributed by atoms with E-state index in [-0.39, 0.29) is 5.91 Å². The second-order valence-electron chi connectivity index (χ2n) is 7.74. The van der Waals surface area contributed by atoms with Crippen LogP contribution in [0.15, 0.2) is 30.6 Å². The maximum absolute atomic E-state index is 12.5. The molecule has 1 saturated heterocycles. The summed E-state index contributed by atoms with van der Waals surface area (Å²) >= 11 is 0. The van der Waals surface area contributed by atoms with Gasteiger partial charge in [-0.25, -0.2) is 0 Å². The van der Waals surface area contributed by atoms with Crippen LogP contribution in [0.1, 0.15) is 39.9 Å². The van der Waals surface area contributed by atoms with Gasteiger partial charge in [0.15, 0.2) is 0 Å². The molecule has 3 rings (SSSR count). The highest BCUT2D eigenvalue weighted by Gasteiger charge is 2.23. The van der Waals surface area contributed by atoms with Gasteiger partial charge in [0.25, 0.3) is 5.91 Å². The van der Waals surface area contributed by atoms with Gasteiger partial charge in [-0.3, -0.25) is 14.4 Å².